The highest BCUT2D eigenvalue weighted by Gasteiger charge is 2.27. The summed E-state index contributed by atoms with van der Waals surface area (Å²) in [6.07, 6.45) is 3.13. The predicted molar refractivity (Wildman–Crippen MR) is 82.2 cm³/mol. The Kier molecular flexibility index (Phi) is 5.47. The molecule has 0 amide bonds. The van der Waals surface area contributed by atoms with Gasteiger partial charge in [0.05, 0.1) is 16.4 Å². The average molecular weight is 300 g/mol. The lowest BCUT2D eigenvalue weighted by Crippen LogP contribution is -2.36. The number of ether oxygens (including phenoxy) is 1. The summed E-state index contributed by atoms with van der Waals surface area (Å²) in [6.45, 7) is 10.9. The summed E-state index contributed by atoms with van der Waals surface area (Å²) in [7, 11) is 0. The number of aryl methyl sites for hydroxylation is 2. The van der Waals surface area contributed by atoms with Crippen LogP contribution < -0.4 is 5.32 Å². The lowest BCUT2D eigenvalue weighted by Gasteiger charge is -2.33. The van der Waals surface area contributed by atoms with Crippen molar-refractivity contribution in [3.63, 3.8) is 0 Å². The summed E-state index contributed by atoms with van der Waals surface area (Å²) < 4.78 is 7.45. The number of nitrogens with one attached hydrogen (secondary N) is 1. The van der Waals surface area contributed by atoms with Crippen molar-refractivity contribution < 1.29 is 4.74 Å². The van der Waals surface area contributed by atoms with E-state index in [9.17, 15) is 0 Å². The van der Waals surface area contributed by atoms with Crippen molar-refractivity contribution in [2.45, 2.75) is 53.1 Å². The Hall–Kier alpha value is -0.580. The molecule has 1 aromatic rings. The lowest BCUT2D eigenvalue weighted by molar-refractivity contribution is 0.0239. The minimum atomic E-state index is 0.343. The van der Waals surface area contributed by atoms with Gasteiger partial charge in [-0.15, -0.1) is 0 Å². The largest absolute Gasteiger partial charge is 0.381 e. The van der Waals surface area contributed by atoms with E-state index in [1.807, 2.05) is 4.68 Å². The van der Waals surface area contributed by atoms with Crippen LogP contribution in [0.15, 0.2) is 0 Å². The van der Waals surface area contributed by atoms with E-state index < -0.39 is 0 Å². The van der Waals surface area contributed by atoms with Crippen molar-refractivity contribution in [1.82, 2.24) is 15.1 Å². The Morgan fingerprint density at radius 2 is 2.05 bits per heavy atom. The molecule has 0 unspecified atom stereocenters. The molecule has 1 saturated heterocycles. The van der Waals surface area contributed by atoms with Gasteiger partial charge in [-0.1, -0.05) is 25.4 Å². The highest BCUT2D eigenvalue weighted by molar-refractivity contribution is 6.31. The van der Waals surface area contributed by atoms with Crippen molar-refractivity contribution >= 4 is 11.6 Å². The van der Waals surface area contributed by atoms with Crippen molar-refractivity contribution in [2.24, 2.45) is 5.41 Å². The molecule has 0 radical (unpaired) electrons. The number of rotatable bonds is 6. The van der Waals surface area contributed by atoms with E-state index in [0.29, 0.717) is 5.41 Å². The van der Waals surface area contributed by atoms with E-state index in [-0.39, 0.29) is 0 Å². The zero-order chi connectivity index (χ0) is 14.6. The standard InChI is InChI=1S/C15H26ClN3O/c1-4-12-14(16)13(19(5-2)18-12)10-17-11-15(3)6-8-20-9-7-15/h17H,4-11H2,1-3H3. The van der Waals surface area contributed by atoms with Crippen LogP contribution in [-0.2, 0) is 24.2 Å². The van der Waals surface area contributed by atoms with Gasteiger partial charge in [0.15, 0.2) is 0 Å². The first-order chi connectivity index (χ1) is 9.59. The quantitative estimate of drug-likeness (QED) is 0.877. The summed E-state index contributed by atoms with van der Waals surface area (Å²) >= 11 is 6.42. The van der Waals surface area contributed by atoms with Crippen molar-refractivity contribution in [1.29, 1.82) is 0 Å². The van der Waals surface area contributed by atoms with Gasteiger partial charge in [-0.2, -0.15) is 5.10 Å². The highest BCUT2D eigenvalue weighted by atomic mass is 35.5. The van der Waals surface area contributed by atoms with Crippen LogP contribution in [0.4, 0.5) is 0 Å². The van der Waals surface area contributed by atoms with Crippen molar-refractivity contribution in [3.8, 4) is 0 Å². The molecular formula is C15H26ClN3O. The molecule has 1 fully saturated rings. The summed E-state index contributed by atoms with van der Waals surface area (Å²) in [6, 6.07) is 0. The van der Waals surface area contributed by atoms with Gasteiger partial charge < -0.3 is 10.1 Å². The summed E-state index contributed by atoms with van der Waals surface area (Å²) in [5, 5.41) is 8.95. The molecule has 0 aliphatic carbocycles. The van der Waals surface area contributed by atoms with Crippen LogP contribution in [0.1, 0.15) is 45.0 Å². The molecule has 0 spiro atoms. The van der Waals surface area contributed by atoms with Crippen LogP contribution in [0.2, 0.25) is 5.02 Å². The third kappa shape index (κ3) is 3.54. The van der Waals surface area contributed by atoms with Crippen molar-refractivity contribution in [3.05, 3.63) is 16.4 Å². The maximum atomic E-state index is 6.42. The molecule has 114 valence electrons. The minimum Gasteiger partial charge on any atom is -0.381 e. The van der Waals surface area contributed by atoms with Gasteiger partial charge in [0.1, 0.15) is 0 Å². The second-order valence-corrected chi connectivity index (χ2v) is 6.28. The van der Waals surface area contributed by atoms with E-state index in [1.165, 1.54) is 0 Å². The molecule has 1 N–H and O–H groups in total. The highest BCUT2D eigenvalue weighted by Crippen LogP contribution is 2.29. The van der Waals surface area contributed by atoms with E-state index in [1.54, 1.807) is 0 Å². The number of aromatic nitrogens is 2. The van der Waals surface area contributed by atoms with Crippen molar-refractivity contribution in [2.75, 3.05) is 19.8 Å². The Labute approximate surface area is 126 Å². The zero-order valence-electron chi connectivity index (χ0n) is 12.8. The van der Waals surface area contributed by atoms with Crippen LogP contribution in [0, 0.1) is 5.41 Å². The summed E-state index contributed by atoms with van der Waals surface area (Å²) in [5.41, 5.74) is 2.46. The van der Waals surface area contributed by atoms with Gasteiger partial charge >= 0.3 is 0 Å². The number of hydrogen-bond donors (Lipinski definition) is 1. The van der Waals surface area contributed by atoms with Crippen LogP contribution in [0.3, 0.4) is 0 Å². The average Bonchev–Trinajstić information content (AvgIpc) is 2.76. The SMILES string of the molecule is CCc1nn(CC)c(CNCC2(C)CCOCC2)c1Cl. The molecule has 0 atom stereocenters. The molecule has 5 heteroatoms. The van der Waals surface area contributed by atoms with E-state index in [2.05, 4.69) is 31.2 Å². The van der Waals surface area contributed by atoms with E-state index >= 15 is 0 Å². The molecular weight excluding hydrogens is 274 g/mol. The fraction of sp³-hybridized carbons (Fsp3) is 0.800. The van der Waals surface area contributed by atoms with Crippen LogP contribution in [0.5, 0.6) is 0 Å². The van der Waals surface area contributed by atoms with Gasteiger partial charge in [0.25, 0.3) is 0 Å². The monoisotopic (exact) mass is 299 g/mol. The Bertz CT molecular complexity index is 439. The van der Waals surface area contributed by atoms with E-state index in [4.69, 9.17) is 16.3 Å². The molecule has 20 heavy (non-hydrogen) atoms. The van der Waals surface area contributed by atoms with E-state index in [0.717, 1.165) is 68.5 Å². The topological polar surface area (TPSA) is 39.1 Å². The van der Waals surface area contributed by atoms with Crippen LogP contribution >= 0.6 is 11.6 Å². The number of halogens is 1. The number of hydrogen-bond acceptors (Lipinski definition) is 3. The molecule has 2 rings (SSSR count). The molecule has 1 aromatic heterocycles. The molecule has 4 nitrogen and oxygen atoms in total. The summed E-state index contributed by atoms with van der Waals surface area (Å²) in [5.74, 6) is 0. The second kappa shape index (κ2) is 6.92. The Morgan fingerprint density at radius 3 is 2.65 bits per heavy atom. The first-order valence-corrected chi connectivity index (χ1v) is 8.00. The second-order valence-electron chi connectivity index (χ2n) is 5.90. The third-order valence-electron chi connectivity index (χ3n) is 4.24. The Balaban J connectivity index is 1.95. The normalized spacial score (nSPS) is 18.4. The van der Waals surface area contributed by atoms with Gasteiger partial charge in [-0.05, 0) is 31.6 Å². The molecule has 0 bridgehead atoms. The Morgan fingerprint density at radius 1 is 1.35 bits per heavy atom. The fourth-order valence-electron chi connectivity index (χ4n) is 2.71. The third-order valence-corrected chi connectivity index (χ3v) is 4.67. The first-order valence-electron chi connectivity index (χ1n) is 7.62. The molecule has 0 saturated carbocycles. The van der Waals surface area contributed by atoms with Gasteiger partial charge in [-0.25, -0.2) is 0 Å². The maximum absolute atomic E-state index is 6.42. The van der Waals surface area contributed by atoms with Gasteiger partial charge in [-0.3, -0.25) is 4.68 Å². The van der Waals surface area contributed by atoms with Crippen LogP contribution in [0.25, 0.3) is 0 Å². The number of nitrogens with zero attached hydrogens (tertiary/aromatic N) is 2. The lowest BCUT2D eigenvalue weighted by atomic mass is 9.82. The molecule has 0 aromatic carbocycles. The van der Waals surface area contributed by atoms with Gasteiger partial charge in [0, 0.05) is 32.8 Å². The first kappa shape index (κ1) is 15.8. The maximum Gasteiger partial charge on any atom is 0.0863 e. The van der Waals surface area contributed by atoms with Gasteiger partial charge in [0.2, 0.25) is 0 Å². The molecule has 1 aliphatic heterocycles. The molecule has 2 heterocycles. The predicted octanol–water partition coefficient (Wildman–Crippen LogP) is 3.03. The van der Waals surface area contributed by atoms with Crippen LogP contribution in [-0.4, -0.2) is 29.5 Å². The summed E-state index contributed by atoms with van der Waals surface area (Å²) in [4.78, 5) is 0. The smallest absolute Gasteiger partial charge is 0.0863 e. The minimum absolute atomic E-state index is 0.343. The fourth-order valence-corrected chi connectivity index (χ4v) is 3.05. The zero-order valence-corrected chi connectivity index (χ0v) is 13.6. The molecule has 1 aliphatic rings.